The number of Topliss-reactive ketones (excluding diaryl/α,β-unsaturated/α-hetero) is 1. The van der Waals surface area contributed by atoms with E-state index >= 15 is 0 Å². The summed E-state index contributed by atoms with van der Waals surface area (Å²) in [7, 11) is 0. The Balaban J connectivity index is 3.19. The molecule has 0 saturated heterocycles. The van der Waals surface area contributed by atoms with Crippen molar-refractivity contribution in [2.45, 2.75) is 58.3 Å². The van der Waals surface area contributed by atoms with E-state index < -0.39 is 0 Å². The van der Waals surface area contributed by atoms with E-state index in [-0.39, 0.29) is 18.3 Å². The van der Waals surface area contributed by atoms with Gasteiger partial charge in [0.05, 0.1) is 0 Å². The number of aliphatic hydroxyl groups is 1. The summed E-state index contributed by atoms with van der Waals surface area (Å²) in [6.45, 7) is 2.52. The smallest absolute Gasteiger partial charge is 0.219 e. The van der Waals surface area contributed by atoms with Crippen LogP contribution in [0.4, 0.5) is 0 Å². The summed E-state index contributed by atoms with van der Waals surface area (Å²) in [6.07, 6.45) is 6.57. The average molecular weight is 243 g/mol. The predicted octanol–water partition coefficient (Wildman–Crippen LogP) is 1.80. The fourth-order valence-corrected chi connectivity index (χ4v) is 1.57. The predicted molar refractivity (Wildman–Crippen MR) is 67.7 cm³/mol. The summed E-state index contributed by atoms with van der Waals surface area (Å²) in [5.74, 6) is 0.326. The summed E-state index contributed by atoms with van der Waals surface area (Å²) in [6, 6.07) is 0. The minimum atomic E-state index is 0.0921. The molecule has 0 spiro atoms. The fourth-order valence-electron chi connectivity index (χ4n) is 1.57. The number of hydrogen-bond acceptors (Lipinski definition) is 3. The molecule has 0 aliphatic carbocycles. The van der Waals surface area contributed by atoms with Crippen molar-refractivity contribution >= 4 is 11.7 Å². The zero-order chi connectivity index (χ0) is 12.9. The third-order valence-corrected chi connectivity index (χ3v) is 2.59. The first-order valence-electron chi connectivity index (χ1n) is 6.54. The second-order valence-corrected chi connectivity index (χ2v) is 4.40. The van der Waals surface area contributed by atoms with Gasteiger partial charge in [-0.15, -0.1) is 0 Å². The lowest BCUT2D eigenvalue weighted by Crippen LogP contribution is -2.24. The lowest BCUT2D eigenvalue weighted by molar-refractivity contribution is -0.121. The first-order chi connectivity index (χ1) is 8.16. The molecule has 1 amide bonds. The zero-order valence-electron chi connectivity index (χ0n) is 10.8. The summed E-state index contributed by atoms with van der Waals surface area (Å²) in [5, 5.41) is 11.4. The molecule has 0 aromatic rings. The van der Waals surface area contributed by atoms with E-state index in [2.05, 4.69) is 5.32 Å². The third kappa shape index (κ3) is 13.0. The molecule has 0 saturated carbocycles. The van der Waals surface area contributed by atoms with Crippen molar-refractivity contribution in [3.8, 4) is 0 Å². The fraction of sp³-hybridized carbons (Fsp3) is 0.846. The normalized spacial score (nSPS) is 10.2. The highest BCUT2D eigenvalue weighted by atomic mass is 16.2. The Morgan fingerprint density at radius 1 is 0.941 bits per heavy atom. The molecule has 100 valence electrons. The van der Waals surface area contributed by atoms with E-state index in [1.807, 2.05) is 0 Å². The number of nitrogens with one attached hydrogen (secondary N) is 1. The lowest BCUT2D eigenvalue weighted by atomic mass is 10.1. The van der Waals surface area contributed by atoms with Gasteiger partial charge in [-0.3, -0.25) is 4.79 Å². The van der Waals surface area contributed by atoms with E-state index in [4.69, 9.17) is 5.11 Å². The zero-order valence-corrected chi connectivity index (χ0v) is 10.8. The Labute approximate surface area is 104 Å². The Morgan fingerprint density at radius 2 is 1.59 bits per heavy atom. The number of aliphatic hydroxyl groups excluding tert-OH is 1. The van der Waals surface area contributed by atoms with Gasteiger partial charge in [-0.05, 0) is 32.6 Å². The Morgan fingerprint density at radius 3 is 2.24 bits per heavy atom. The van der Waals surface area contributed by atoms with Crippen LogP contribution >= 0.6 is 0 Å². The van der Waals surface area contributed by atoms with Crippen molar-refractivity contribution < 1.29 is 14.7 Å². The quantitative estimate of drug-likeness (QED) is 0.544. The van der Waals surface area contributed by atoms with Crippen LogP contribution in [-0.4, -0.2) is 29.9 Å². The van der Waals surface area contributed by atoms with Crippen molar-refractivity contribution in [1.82, 2.24) is 5.32 Å². The van der Waals surface area contributed by atoms with E-state index in [0.717, 1.165) is 38.5 Å². The van der Waals surface area contributed by atoms with Crippen LogP contribution in [-0.2, 0) is 9.59 Å². The Kier molecular flexibility index (Phi) is 11.0. The van der Waals surface area contributed by atoms with Gasteiger partial charge in [0.2, 0.25) is 5.91 Å². The molecule has 4 heteroatoms. The summed E-state index contributed by atoms with van der Waals surface area (Å²) in [4.78, 5) is 22.0. The second-order valence-electron chi connectivity index (χ2n) is 4.40. The average Bonchev–Trinajstić information content (AvgIpc) is 2.29. The van der Waals surface area contributed by atoms with Crippen molar-refractivity contribution in [2.75, 3.05) is 13.2 Å². The van der Waals surface area contributed by atoms with Crippen LogP contribution in [0, 0.1) is 0 Å². The molecule has 4 nitrogen and oxygen atoms in total. The molecule has 0 aromatic carbocycles. The van der Waals surface area contributed by atoms with Gasteiger partial charge in [-0.2, -0.15) is 0 Å². The molecule has 17 heavy (non-hydrogen) atoms. The maximum Gasteiger partial charge on any atom is 0.219 e. The van der Waals surface area contributed by atoms with E-state index in [1.54, 1.807) is 6.92 Å². The molecule has 0 bridgehead atoms. The van der Waals surface area contributed by atoms with Crippen molar-refractivity contribution in [1.29, 1.82) is 0 Å². The van der Waals surface area contributed by atoms with Crippen LogP contribution in [0.15, 0.2) is 0 Å². The molecule has 0 aliphatic rings. The summed E-state index contributed by atoms with van der Waals surface area (Å²) >= 11 is 0. The van der Waals surface area contributed by atoms with Gasteiger partial charge in [-0.1, -0.05) is 12.8 Å². The Hall–Kier alpha value is -0.900. The SMILES string of the molecule is CC(=O)CCCCCNC(=O)CCCCCO. The van der Waals surface area contributed by atoms with E-state index in [1.165, 1.54) is 0 Å². The minimum Gasteiger partial charge on any atom is -0.396 e. The molecule has 0 heterocycles. The molecule has 0 rings (SSSR count). The van der Waals surface area contributed by atoms with E-state index in [0.29, 0.717) is 19.4 Å². The van der Waals surface area contributed by atoms with Crippen molar-refractivity contribution in [3.05, 3.63) is 0 Å². The van der Waals surface area contributed by atoms with Gasteiger partial charge in [0.25, 0.3) is 0 Å². The number of carbonyl (C=O) groups excluding carboxylic acids is 2. The first-order valence-corrected chi connectivity index (χ1v) is 6.54. The lowest BCUT2D eigenvalue weighted by Gasteiger charge is -2.04. The highest BCUT2D eigenvalue weighted by Crippen LogP contribution is 2.01. The number of hydrogen-bond donors (Lipinski definition) is 2. The minimum absolute atomic E-state index is 0.0921. The maximum atomic E-state index is 11.3. The first kappa shape index (κ1) is 16.1. The number of ketones is 1. The Bertz CT molecular complexity index is 217. The van der Waals surface area contributed by atoms with Crippen LogP contribution < -0.4 is 5.32 Å². The highest BCUT2D eigenvalue weighted by Gasteiger charge is 2.00. The van der Waals surface area contributed by atoms with Crippen LogP contribution in [0.25, 0.3) is 0 Å². The number of rotatable bonds is 11. The second kappa shape index (κ2) is 11.6. The molecule has 0 aromatic heterocycles. The molecule has 0 aliphatic heterocycles. The summed E-state index contributed by atoms with van der Waals surface area (Å²) < 4.78 is 0. The van der Waals surface area contributed by atoms with Gasteiger partial charge in [-0.25, -0.2) is 0 Å². The van der Waals surface area contributed by atoms with E-state index in [9.17, 15) is 9.59 Å². The standard InChI is InChI=1S/C13H25NO3/c1-12(16)8-4-2-6-10-14-13(17)9-5-3-7-11-15/h15H,2-11H2,1H3,(H,14,17). The molecule has 0 fully saturated rings. The van der Waals surface area contributed by atoms with Crippen molar-refractivity contribution in [3.63, 3.8) is 0 Å². The molecule has 2 N–H and O–H groups in total. The van der Waals surface area contributed by atoms with Gasteiger partial charge >= 0.3 is 0 Å². The van der Waals surface area contributed by atoms with Crippen LogP contribution in [0.2, 0.25) is 0 Å². The van der Waals surface area contributed by atoms with Gasteiger partial charge < -0.3 is 15.2 Å². The maximum absolute atomic E-state index is 11.3. The summed E-state index contributed by atoms with van der Waals surface area (Å²) in [5.41, 5.74) is 0. The third-order valence-electron chi connectivity index (χ3n) is 2.59. The molecular formula is C13H25NO3. The highest BCUT2D eigenvalue weighted by molar-refractivity contribution is 5.75. The monoisotopic (exact) mass is 243 g/mol. The molecule has 0 atom stereocenters. The number of unbranched alkanes of at least 4 members (excludes halogenated alkanes) is 4. The van der Waals surface area contributed by atoms with Crippen LogP contribution in [0.5, 0.6) is 0 Å². The van der Waals surface area contributed by atoms with Gasteiger partial charge in [0.15, 0.2) is 0 Å². The van der Waals surface area contributed by atoms with Gasteiger partial charge in [0.1, 0.15) is 5.78 Å². The largest absolute Gasteiger partial charge is 0.396 e. The molecule has 0 unspecified atom stereocenters. The number of carbonyl (C=O) groups is 2. The molecule has 0 radical (unpaired) electrons. The molecular weight excluding hydrogens is 218 g/mol. The van der Waals surface area contributed by atoms with Crippen LogP contribution in [0.1, 0.15) is 58.3 Å². The van der Waals surface area contributed by atoms with Gasteiger partial charge in [0, 0.05) is 26.0 Å². The van der Waals surface area contributed by atoms with Crippen molar-refractivity contribution in [2.24, 2.45) is 0 Å². The topological polar surface area (TPSA) is 66.4 Å². The van der Waals surface area contributed by atoms with Crippen LogP contribution in [0.3, 0.4) is 0 Å². The number of amides is 1.